The van der Waals surface area contributed by atoms with Crippen molar-refractivity contribution in [2.24, 2.45) is 0 Å². The van der Waals surface area contributed by atoms with E-state index in [1.54, 1.807) is 42.5 Å². The summed E-state index contributed by atoms with van der Waals surface area (Å²) in [5, 5.41) is 0.773. The molecule has 2 aromatic carbocycles. The van der Waals surface area contributed by atoms with Gasteiger partial charge in [0.15, 0.2) is 11.6 Å². The molecule has 142 valence electrons. The van der Waals surface area contributed by atoms with Crippen LogP contribution in [-0.2, 0) is 0 Å². The van der Waals surface area contributed by atoms with Crippen LogP contribution in [0.25, 0.3) is 0 Å². The zero-order chi connectivity index (χ0) is 19.3. The number of carbonyl (C=O) groups excluding carboxylic acids is 3. The Kier molecular flexibility index (Phi) is 4.33. The van der Waals surface area contributed by atoms with E-state index in [2.05, 4.69) is 4.31 Å². The van der Waals surface area contributed by atoms with Crippen molar-refractivity contribution in [2.75, 3.05) is 26.2 Å². The average molecular weight is 392 g/mol. The molecule has 3 aliphatic rings. The highest BCUT2D eigenvalue weighted by molar-refractivity contribution is 7.97. The van der Waals surface area contributed by atoms with Gasteiger partial charge in [-0.2, -0.15) is 0 Å². The Hall–Kier alpha value is -2.44. The number of rotatable bonds is 3. The predicted octanol–water partition coefficient (Wildman–Crippen LogP) is 3.03. The Bertz CT molecular complexity index is 991. The molecule has 1 saturated heterocycles. The highest BCUT2D eigenvalue weighted by atomic mass is 32.2. The summed E-state index contributed by atoms with van der Waals surface area (Å²) in [6, 6.07) is 11.8. The number of fused-ring (bicyclic) bond motifs is 2. The molecule has 0 N–H and O–H groups in total. The third-order valence-electron chi connectivity index (χ3n) is 5.52. The van der Waals surface area contributed by atoms with Crippen LogP contribution in [0.1, 0.15) is 55.0 Å². The summed E-state index contributed by atoms with van der Waals surface area (Å²) in [6.07, 6.45) is 2.60. The summed E-state index contributed by atoms with van der Waals surface area (Å²) in [4.78, 5) is 40.4. The lowest BCUT2D eigenvalue weighted by Gasteiger charge is -2.34. The largest absolute Gasteiger partial charge is 0.336 e. The number of carbonyl (C=O) groups is 3. The molecular formula is C22H20N2O3S. The molecule has 1 heterocycles. The van der Waals surface area contributed by atoms with Crippen LogP contribution >= 0.6 is 11.9 Å². The van der Waals surface area contributed by atoms with Crippen molar-refractivity contribution in [1.29, 1.82) is 0 Å². The third-order valence-corrected chi connectivity index (χ3v) is 6.95. The number of ketones is 2. The molecule has 2 aromatic rings. The first-order chi connectivity index (χ1) is 13.6. The normalized spacial score (nSPS) is 19.4. The summed E-state index contributed by atoms with van der Waals surface area (Å²) < 4.78 is 2.35. The molecule has 0 atom stereocenters. The molecule has 0 radical (unpaired) electrons. The van der Waals surface area contributed by atoms with Gasteiger partial charge >= 0.3 is 0 Å². The molecule has 0 bridgehead atoms. The van der Waals surface area contributed by atoms with E-state index in [1.165, 1.54) is 12.8 Å². The Morgan fingerprint density at radius 2 is 1.43 bits per heavy atom. The topological polar surface area (TPSA) is 57.7 Å². The number of hydrogen-bond acceptors (Lipinski definition) is 5. The second-order valence-electron chi connectivity index (χ2n) is 7.49. The monoisotopic (exact) mass is 392 g/mol. The van der Waals surface area contributed by atoms with E-state index in [1.807, 2.05) is 16.8 Å². The zero-order valence-corrected chi connectivity index (χ0v) is 16.2. The van der Waals surface area contributed by atoms with E-state index < -0.39 is 0 Å². The summed E-state index contributed by atoms with van der Waals surface area (Å²) in [7, 11) is 0. The van der Waals surface area contributed by atoms with Crippen LogP contribution in [0.5, 0.6) is 0 Å². The van der Waals surface area contributed by atoms with Gasteiger partial charge in [0, 0.05) is 59.2 Å². The van der Waals surface area contributed by atoms with Gasteiger partial charge in [-0.05, 0) is 31.0 Å². The first kappa shape index (κ1) is 17.6. The van der Waals surface area contributed by atoms with E-state index >= 15 is 0 Å². The fourth-order valence-corrected chi connectivity index (χ4v) is 4.94. The quantitative estimate of drug-likeness (QED) is 0.642. The Labute approximate surface area is 167 Å². The van der Waals surface area contributed by atoms with Crippen LogP contribution in [0.2, 0.25) is 0 Å². The highest BCUT2D eigenvalue weighted by Crippen LogP contribution is 2.36. The maximum Gasteiger partial charge on any atom is 0.253 e. The molecule has 6 heteroatoms. The molecule has 5 nitrogen and oxygen atoms in total. The van der Waals surface area contributed by atoms with Crippen LogP contribution in [-0.4, -0.2) is 58.1 Å². The third kappa shape index (κ3) is 3.06. The molecule has 2 aliphatic carbocycles. The Morgan fingerprint density at radius 1 is 0.821 bits per heavy atom. The summed E-state index contributed by atoms with van der Waals surface area (Å²) in [5.74, 6) is -0.418. The van der Waals surface area contributed by atoms with Crippen molar-refractivity contribution in [3.63, 3.8) is 0 Å². The molecule has 0 unspecified atom stereocenters. The van der Waals surface area contributed by atoms with Gasteiger partial charge in [-0.15, -0.1) is 0 Å². The number of piperazine rings is 1. The first-order valence-corrected chi connectivity index (χ1v) is 10.5. The Balaban J connectivity index is 1.36. The molecule has 5 rings (SSSR count). The maximum atomic E-state index is 13.0. The molecular weight excluding hydrogens is 372 g/mol. The molecule has 0 aromatic heterocycles. The standard InChI is InChI=1S/C22H20N2O3S/c25-20-16-3-1-2-4-17(16)21(26)19-13-14(5-8-18(19)20)22(27)23-9-11-24(12-10-23)28-15-6-7-15/h1-5,8,13,15H,6-7,9-12H2. The SMILES string of the molecule is O=C1c2ccccc2C(=O)c2cc(C(=O)N3CCN(SC4CC4)CC3)ccc21. The summed E-state index contributed by atoms with van der Waals surface area (Å²) in [6.45, 7) is 3.10. The van der Waals surface area contributed by atoms with Gasteiger partial charge in [-0.1, -0.05) is 36.2 Å². The van der Waals surface area contributed by atoms with E-state index in [4.69, 9.17) is 0 Å². The molecule has 1 aliphatic heterocycles. The molecule has 0 spiro atoms. The molecule has 1 amide bonds. The van der Waals surface area contributed by atoms with Crippen LogP contribution < -0.4 is 0 Å². The van der Waals surface area contributed by atoms with E-state index in [0.29, 0.717) is 40.9 Å². The van der Waals surface area contributed by atoms with Crippen LogP contribution in [0.4, 0.5) is 0 Å². The van der Waals surface area contributed by atoms with E-state index in [-0.39, 0.29) is 17.5 Å². The second kappa shape index (κ2) is 6.87. The fraction of sp³-hybridized carbons (Fsp3) is 0.318. The fourth-order valence-electron chi connectivity index (χ4n) is 3.80. The summed E-state index contributed by atoms with van der Waals surface area (Å²) in [5.41, 5.74) is 2.03. The number of benzene rings is 2. The predicted molar refractivity (Wildman–Crippen MR) is 108 cm³/mol. The lowest BCUT2D eigenvalue weighted by atomic mass is 9.83. The minimum Gasteiger partial charge on any atom is -0.336 e. The van der Waals surface area contributed by atoms with Crippen molar-refractivity contribution in [3.05, 3.63) is 70.3 Å². The van der Waals surface area contributed by atoms with Gasteiger partial charge in [-0.3, -0.25) is 14.4 Å². The van der Waals surface area contributed by atoms with Crippen molar-refractivity contribution in [1.82, 2.24) is 9.21 Å². The second-order valence-corrected chi connectivity index (χ2v) is 8.88. The van der Waals surface area contributed by atoms with Crippen molar-refractivity contribution in [3.8, 4) is 0 Å². The number of hydrogen-bond donors (Lipinski definition) is 0. The smallest absolute Gasteiger partial charge is 0.253 e. The molecule has 2 fully saturated rings. The van der Waals surface area contributed by atoms with Gasteiger partial charge in [0.2, 0.25) is 0 Å². The van der Waals surface area contributed by atoms with E-state index in [9.17, 15) is 14.4 Å². The van der Waals surface area contributed by atoms with E-state index in [0.717, 1.165) is 18.3 Å². The van der Waals surface area contributed by atoms with Crippen LogP contribution in [0.15, 0.2) is 42.5 Å². The van der Waals surface area contributed by atoms with Gasteiger partial charge in [0.1, 0.15) is 0 Å². The van der Waals surface area contributed by atoms with Gasteiger partial charge < -0.3 is 4.90 Å². The molecule has 1 saturated carbocycles. The minimum atomic E-state index is -0.189. The number of amides is 1. The lowest BCUT2D eigenvalue weighted by molar-refractivity contribution is 0.0703. The molecule has 28 heavy (non-hydrogen) atoms. The highest BCUT2D eigenvalue weighted by Gasteiger charge is 2.32. The van der Waals surface area contributed by atoms with Crippen LogP contribution in [0, 0.1) is 0 Å². The first-order valence-electron chi connectivity index (χ1n) is 9.65. The van der Waals surface area contributed by atoms with Gasteiger partial charge in [-0.25, -0.2) is 4.31 Å². The zero-order valence-electron chi connectivity index (χ0n) is 15.4. The maximum absolute atomic E-state index is 13.0. The summed E-state index contributed by atoms with van der Waals surface area (Å²) >= 11 is 1.92. The van der Waals surface area contributed by atoms with Gasteiger partial charge in [0.25, 0.3) is 5.91 Å². The average Bonchev–Trinajstić information content (AvgIpc) is 3.56. The lowest BCUT2D eigenvalue weighted by Crippen LogP contribution is -2.46. The Morgan fingerprint density at radius 3 is 2.07 bits per heavy atom. The van der Waals surface area contributed by atoms with Crippen molar-refractivity contribution < 1.29 is 14.4 Å². The van der Waals surface area contributed by atoms with Crippen molar-refractivity contribution in [2.45, 2.75) is 18.1 Å². The minimum absolute atomic E-state index is 0.0713. The van der Waals surface area contributed by atoms with Crippen LogP contribution in [0.3, 0.4) is 0 Å². The van der Waals surface area contributed by atoms with Crippen molar-refractivity contribution >= 4 is 29.4 Å². The number of nitrogens with zero attached hydrogens (tertiary/aromatic N) is 2. The van der Waals surface area contributed by atoms with Gasteiger partial charge in [0.05, 0.1) is 0 Å².